The van der Waals surface area contributed by atoms with Crippen LogP contribution in [0, 0.1) is 0 Å². The van der Waals surface area contributed by atoms with Crippen LogP contribution in [0.1, 0.15) is 24.2 Å². The number of nitrogens with one attached hydrogen (secondary N) is 3. The van der Waals surface area contributed by atoms with Crippen LogP contribution >= 0.6 is 0 Å². The predicted octanol–water partition coefficient (Wildman–Crippen LogP) is 0.181. The summed E-state index contributed by atoms with van der Waals surface area (Å²) in [6, 6.07) is 1.92. The second-order valence-electron chi connectivity index (χ2n) is 4.64. The number of nitrogens with zero attached hydrogens (tertiary/aromatic N) is 1. The van der Waals surface area contributed by atoms with Crippen molar-refractivity contribution in [2.24, 2.45) is 0 Å². The summed E-state index contributed by atoms with van der Waals surface area (Å²) in [7, 11) is -3.24. The number of amides is 1. The Labute approximate surface area is 119 Å². The molecular weight excluding hydrogens is 280 g/mol. The van der Waals surface area contributed by atoms with E-state index in [0.29, 0.717) is 11.3 Å². The number of sulfonamides is 1. The maximum absolute atomic E-state index is 12.0. The van der Waals surface area contributed by atoms with Crippen LogP contribution in [-0.2, 0) is 10.0 Å². The minimum atomic E-state index is -3.24. The van der Waals surface area contributed by atoms with Crippen LogP contribution in [0.25, 0.3) is 0 Å². The van der Waals surface area contributed by atoms with E-state index in [1.807, 2.05) is 13.8 Å². The standard InChI is InChI=1S/C12H20N4O3S/c1-9(2)16-11-4-5-13-8-10(11)12(17)14-6-7-15-20(3,18)19/h4-5,8-9,15H,6-7H2,1-3H3,(H,13,16)(H,14,17). The van der Waals surface area contributed by atoms with Gasteiger partial charge in [-0.2, -0.15) is 0 Å². The molecule has 0 saturated heterocycles. The fourth-order valence-corrected chi connectivity index (χ4v) is 1.99. The van der Waals surface area contributed by atoms with E-state index >= 15 is 0 Å². The molecule has 7 nitrogen and oxygen atoms in total. The van der Waals surface area contributed by atoms with Crippen LogP contribution in [0.2, 0.25) is 0 Å². The second-order valence-corrected chi connectivity index (χ2v) is 6.48. The lowest BCUT2D eigenvalue weighted by Crippen LogP contribution is -2.34. The molecule has 1 aromatic rings. The van der Waals surface area contributed by atoms with Crippen molar-refractivity contribution in [3.05, 3.63) is 24.0 Å². The molecule has 1 heterocycles. The number of pyridine rings is 1. The molecule has 0 atom stereocenters. The van der Waals surface area contributed by atoms with E-state index in [0.717, 1.165) is 6.26 Å². The topological polar surface area (TPSA) is 100 Å². The van der Waals surface area contributed by atoms with Gasteiger partial charge in [-0.1, -0.05) is 0 Å². The van der Waals surface area contributed by atoms with Crippen molar-refractivity contribution >= 4 is 21.6 Å². The summed E-state index contributed by atoms with van der Waals surface area (Å²) in [6.45, 7) is 4.30. The third-order valence-corrected chi connectivity index (χ3v) is 3.01. The van der Waals surface area contributed by atoms with E-state index in [-0.39, 0.29) is 25.0 Å². The maximum Gasteiger partial charge on any atom is 0.255 e. The Bertz CT molecular complexity index is 558. The van der Waals surface area contributed by atoms with E-state index in [1.165, 1.54) is 6.20 Å². The largest absolute Gasteiger partial charge is 0.382 e. The van der Waals surface area contributed by atoms with Gasteiger partial charge in [-0.05, 0) is 19.9 Å². The molecule has 0 fully saturated rings. The summed E-state index contributed by atoms with van der Waals surface area (Å²) < 4.78 is 24.1. The van der Waals surface area contributed by atoms with Crippen molar-refractivity contribution in [3.8, 4) is 0 Å². The molecule has 0 saturated carbocycles. The average molecular weight is 300 g/mol. The molecule has 20 heavy (non-hydrogen) atoms. The number of hydrogen-bond acceptors (Lipinski definition) is 5. The van der Waals surface area contributed by atoms with Gasteiger partial charge in [0.25, 0.3) is 5.91 Å². The third-order valence-electron chi connectivity index (χ3n) is 2.28. The van der Waals surface area contributed by atoms with Crippen LogP contribution < -0.4 is 15.4 Å². The zero-order valence-electron chi connectivity index (χ0n) is 11.8. The lowest BCUT2D eigenvalue weighted by molar-refractivity contribution is 0.0954. The SMILES string of the molecule is CC(C)Nc1ccncc1C(=O)NCCNS(C)(=O)=O. The van der Waals surface area contributed by atoms with E-state index in [1.54, 1.807) is 12.3 Å². The van der Waals surface area contributed by atoms with Crippen molar-refractivity contribution in [2.75, 3.05) is 24.7 Å². The second kappa shape index (κ2) is 7.20. The fraction of sp³-hybridized carbons (Fsp3) is 0.500. The summed E-state index contributed by atoms with van der Waals surface area (Å²) in [5, 5.41) is 5.80. The van der Waals surface area contributed by atoms with Gasteiger partial charge < -0.3 is 10.6 Å². The molecule has 3 N–H and O–H groups in total. The summed E-state index contributed by atoms with van der Waals surface area (Å²) in [5.74, 6) is -0.295. The first kappa shape index (κ1) is 16.4. The molecule has 8 heteroatoms. The molecule has 1 rings (SSSR count). The molecule has 1 amide bonds. The molecule has 0 unspecified atom stereocenters. The van der Waals surface area contributed by atoms with E-state index in [4.69, 9.17) is 0 Å². The first-order chi connectivity index (χ1) is 9.29. The smallest absolute Gasteiger partial charge is 0.255 e. The Balaban J connectivity index is 2.59. The molecule has 0 aromatic carbocycles. The predicted molar refractivity (Wildman–Crippen MR) is 78.2 cm³/mol. The summed E-state index contributed by atoms with van der Waals surface area (Å²) in [6.07, 6.45) is 4.15. The molecule has 112 valence electrons. The number of anilines is 1. The number of hydrogen-bond donors (Lipinski definition) is 3. The van der Waals surface area contributed by atoms with Gasteiger partial charge in [0.15, 0.2) is 0 Å². The Morgan fingerprint density at radius 1 is 1.35 bits per heavy atom. The molecule has 0 radical (unpaired) electrons. The molecule has 0 aliphatic heterocycles. The molecule has 0 spiro atoms. The van der Waals surface area contributed by atoms with Gasteiger partial charge in [0, 0.05) is 31.5 Å². The minimum absolute atomic E-state index is 0.151. The minimum Gasteiger partial charge on any atom is -0.382 e. The summed E-state index contributed by atoms with van der Waals surface area (Å²) >= 11 is 0. The molecule has 0 aliphatic rings. The first-order valence-electron chi connectivity index (χ1n) is 6.23. The number of aromatic nitrogens is 1. The molecule has 0 bridgehead atoms. The van der Waals surface area contributed by atoms with Crippen molar-refractivity contribution < 1.29 is 13.2 Å². The van der Waals surface area contributed by atoms with Gasteiger partial charge in [-0.3, -0.25) is 9.78 Å². The Kier molecular flexibility index (Phi) is 5.90. The number of carbonyl (C=O) groups excluding carboxylic acids is 1. The van der Waals surface area contributed by atoms with Crippen LogP contribution in [0.4, 0.5) is 5.69 Å². The third kappa shape index (κ3) is 5.98. The normalized spacial score (nSPS) is 11.4. The summed E-state index contributed by atoms with van der Waals surface area (Å²) in [5.41, 5.74) is 1.13. The van der Waals surface area contributed by atoms with Gasteiger partial charge in [0.05, 0.1) is 17.5 Å². The average Bonchev–Trinajstić information content (AvgIpc) is 2.33. The lowest BCUT2D eigenvalue weighted by Gasteiger charge is -2.14. The first-order valence-corrected chi connectivity index (χ1v) is 8.12. The highest BCUT2D eigenvalue weighted by Crippen LogP contribution is 2.14. The van der Waals surface area contributed by atoms with E-state index < -0.39 is 10.0 Å². The van der Waals surface area contributed by atoms with Crippen molar-refractivity contribution in [1.29, 1.82) is 0 Å². The lowest BCUT2D eigenvalue weighted by atomic mass is 10.2. The van der Waals surface area contributed by atoms with Crippen LogP contribution in [0.15, 0.2) is 18.5 Å². The quantitative estimate of drug-likeness (QED) is 0.624. The van der Waals surface area contributed by atoms with E-state index in [2.05, 4.69) is 20.3 Å². The van der Waals surface area contributed by atoms with Gasteiger partial charge in [0.2, 0.25) is 10.0 Å². The maximum atomic E-state index is 12.0. The van der Waals surface area contributed by atoms with Gasteiger partial charge in [-0.25, -0.2) is 13.1 Å². The Morgan fingerprint density at radius 3 is 2.65 bits per heavy atom. The highest BCUT2D eigenvalue weighted by molar-refractivity contribution is 7.88. The zero-order valence-corrected chi connectivity index (χ0v) is 12.6. The number of rotatable bonds is 7. The molecular formula is C12H20N4O3S. The van der Waals surface area contributed by atoms with Crippen molar-refractivity contribution in [1.82, 2.24) is 15.0 Å². The molecule has 1 aromatic heterocycles. The zero-order chi connectivity index (χ0) is 15.2. The van der Waals surface area contributed by atoms with Gasteiger partial charge in [0.1, 0.15) is 0 Å². The van der Waals surface area contributed by atoms with Gasteiger partial charge >= 0.3 is 0 Å². The number of carbonyl (C=O) groups is 1. The van der Waals surface area contributed by atoms with Crippen LogP contribution in [-0.4, -0.2) is 44.7 Å². The summed E-state index contributed by atoms with van der Waals surface area (Å²) in [4.78, 5) is 15.9. The molecule has 0 aliphatic carbocycles. The highest BCUT2D eigenvalue weighted by Gasteiger charge is 2.11. The highest BCUT2D eigenvalue weighted by atomic mass is 32.2. The van der Waals surface area contributed by atoms with Crippen molar-refractivity contribution in [3.63, 3.8) is 0 Å². The van der Waals surface area contributed by atoms with E-state index in [9.17, 15) is 13.2 Å². The van der Waals surface area contributed by atoms with Crippen LogP contribution in [0.3, 0.4) is 0 Å². The fourth-order valence-electron chi connectivity index (χ4n) is 1.52. The Hall–Kier alpha value is -1.67. The van der Waals surface area contributed by atoms with Gasteiger partial charge in [-0.15, -0.1) is 0 Å². The monoisotopic (exact) mass is 300 g/mol. The van der Waals surface area contributed by atoms with Crippen molar-refractivity contribution in [2.45, 2.75) is 19.9 Å². The Morgan fingerprint density at radius 2 is 2.05 bits per heavy atom. The van der Waals surface area contributed by atoms with Crippen LogP contribution in [0.5, 0.6) is 0 Å².